The molecule has 2 aromatic heterocycles. The number of piperidine rings is 1. The van der Waals surface area contributed by atoms with Gasteiger partial charge in [-0.05, 0) is 82.4 Å². The number of sulfone groups is 1. The number of benzene rings is 1. The van der Waals surface area contributed by atoms with Crippen LogP contribution in [0.15, 0.2) is 53.6 Å². The van der Waals surface area contributed by atoms with E-state index < -0.39 is 21.2 Å². The van der Waals surface area contributed by atoms with E-state index in [1.807, 2.05) is 37.1 Å². The van der Waals surface area contributed by atoms with Crippen LogP contribution >= 0.6 is 0 Å². The van der Waals surface area contributed by atoms with Crippen LogP contribution in [-0.4, -0.2) is 60.3 Å². The van der Waals surface area contributed by atoms with Gasteiger partial charge in [-0.2, -0.15) is 0 Å². The maximum atomic E-state index is 13.2. The molecule has 0 aliphatic carbocycles. The molecule has 1 aromatic carbocycles. The molecule has 0 unspecified atom stereocenters. The van der Waals surface area contributed by atoms with Gasteiger partial charge in [0.05, 0.1) is 16.1 Å². The third-order valence-electron chi connectivity index (χ3n) is 6.37. The van der Waals surface area contributed by atoms with E-state index in [-0.39, 0.29) is 17.3 Å². The van der Waals surface area contributed by atoms with E-state index in [0.29, 0.717) is 37.3 Å². The number of carbonyl (C=O) groups is 1. The monoisotopic (exact) mass is 484 g/mol. The van der Waals surface area contributed by atoms with E-state index in [2.05, 4.69) is 9.97 Å². The number of hydrogen-bond acceptors (Lipinski definition) is 8. The standard InChI is InChI=1S/C24H28N4O5S/c1-17-14-18(21-4-3-11-25-22(21)26-17)15-33-19-5-7-20(8-6-19)34(31,32)16-24(23(29)27-30)9-12-28(2)13-10-24/h3-8,11,14,30H,9-10,12-13,15-16H2,1-2H3,(H,27,29). The van der Waals surface area contributed by atoms with E-state index in [0.717, 1.165) is 16.6 Å². The lowest BCUT2D eigenvalue weighted by atomic mass is 9.79. The van der Waals surface area contributed by atoms with Crippen molar-refractivity contribution in [2.45, 2.75) is 31.3 Å². The molecule has 1 saturated heterocycles. The molecule has 9 nitrogen and oxygen atoms in total. The molecule has 0 saturated carbocycles. The van der Waals surface area contributed by atoms with Crippen LogP contribution in [0.3, 0.4) is 0 Å². The Bertz CT molecular complexity index is 1290. The minimum atomic E-state index is -3.77. The first-order chi connectivity index (χ1) is 16.2. The van der Waals surface area contributed by atoms with E-state index in [9.17, 15) is 18.4 Å². The van der Waals surface area contributed by atoms with Gasteiger partial charge in [-0.15, -0.1) is 0 Å². The van der Waals surface area contributed by atoms with Crippen LogP contribution in [0.25, 0.3) is 11.0 Å². The minimum absolute atomic E-state index is 0.110. The van der Waals surface area contributed by atoms with Crippen LogP contribution < -0.4 is 10.2 Å². The molecule has 1 fully saturated rings. The average Bonchev–Trinajstić information content (AvgIpc) is 2.83. The van der Waals surface area contributed by atoms with Crippen molar-refractivity contribution in [3.63, 3.8) is 0 Å². The summed E-state index contributed by atoms with van der Waals surface area (Å²) in [5.74, 6) is -0.499. The molecule has 180 valence electrons. The summed E-state index contributed by atoms with van der Waals surface area (Å²) in [6.07, 6.45) is 2.40. The summed E-state index contributed by atoms with van der Waals surface area (Å²) in [6, 6.07) is 11.9. The third-order valence-corrected chi connectivity index (χ3v) is 8.29. The van der Waals surface area contributed by atoms with Crippen LogP contribution in [-0.2, 0) is 21.2 Å². The molecule has 0 spiro atoms. The Hall–Kier alpha value is -3.08. The van der Waals surface area contributed by atoms with Crippen molar-refractivity contribution in [3.8, 4) is 5.75 Å². The summed E-state index contributed by atoms with van der Waals surface area (Å²) < 4.78 is 32.2. The zero-order valence-electron chi connectivity index (χ0n) is 19.2. The van der Waals surface area contributed by atoms with Crippen molar-refractivity contribution >= 4 is 26.8 Å². The van der Waals surface area contributed by atoms with E-state index >= 15 is 0 Å². The van der Waals surface area contributed by atoms with Gasteiger partial charge in [0.15, 0.2) is 15.5 Å². The number of nitrogens with zero attached hydrogens (tertiary/aromatic N) is 3. The second-order valence-corrected chi connectivity index (χ2v) is 10.8. The van der Waals surface area contributed by atoms with Crippen LogP contribution in [0.2, 0.25) is 0 Å². The zero-order chi connectivity index (χ0) is 24.3. The summed E-state index contributed by atoms with van der Waals surface area (Å²) >= 11 is 0. The quantitative estimate of drug-likeness (QED) is 0.388. The van der Waals surface area contributed by atoms with Gasteiger partial charge in [-0.25, -0.2) is 23.9 Å². The van der Waals surface area contributed by atoms with Crippen molar-refractivity contribution in [3.05, 3.63) is 59.9 Å². The first-order valence-corrected chi connectivity index (χ1v) is 12.7. The number of aryl methyl sites for hydroxylation is 1. The van der Waals surface area contributed by atoms with Crippen molar-refractivity contribution < 1.29 is 23.2 Å². The second kappa shape index (κ2) is 9.65. The summed E-state index contributed by atoms with van der Waals surface area (Å²) in [4.78, 5) is 23.3. The predicted molar refractivity (Wildman–Crippen MR) is 126 cm³/mol. The number of hydrogen-bond donors (Lipinski definition) is 2. The van der Waals surface area contributed by atoms with E-state index in [1.165, 1.54) is 12.1 Å². The molecular weight excluding hydrogens is 456 g/mol. The maximum Gasteiger partial charge on any atom is 0.250 e. The zero-order valence-corrected chi connectivity index (χ0v) is 20.0. The van der Waals surface area contributed by atoms with Crippen LogP contribution in [0, 0.1) is 12.3 Å². The highest BCUT2D eigenvalue weighted by molar-refractivity contribution is 7.91. The number of aromatic nitrogens is 2. The van der Waals surface area contributed by atoms with Crippen LogP contribution in [0.1, 0.15) is 24.1 Å². The lowest BCUT2D eigenvalue weighted by molar-refractivity contribution is -0.141. The summed E-state index contributed by atoms with van der Waals surface area (Å²) in [5, 5.41) is 10.1. The molecule has 2 N–H and O–H groups in total. The largest absolute Gasteiger partial charge is 0.489 e. The fraction of sp³-hybridized carbons (Fsp3) is 0.375. The number of rotatable bonds is 7. The van der Waals surface area contributed by atoms with Gasteiger partial charge < -0.3 is 9.64 Å². The van der Waals surface area contributed by atoms with Gasteiger partial charge in [0.2, 0.25) is 0 Å². The molecule has 1 aliphatic heterocycles. The Morgan fingerprint density at radius 3 is 2.59 bits per heavy atom. The maximum absolute atomic E-state index is 13.2. The van der Waals surface area contributed by atoms with Gasteiger partial charge in [-0.3, -0.25) is 10.0 Å². The van der Waals surface area contributed by atoms with Crippen LogP contribution in [0.4, 0.5) is 0 Å². The molecule has 0 bridgehead atoms. The van der Waals surface area contributed by atoms with E-state index in [4.69, 9.17) is 4.74 Å². The third kappa shape index (κ3) is 5.03. The number of nitrogens with one attached hydrogen (secondary N) is 1. The lowest BCUT2D eigenvalue weighted by Crippen LogP contribution is -2.50. The number of likely N-dealkylation sites (tertiary alicyclic amines) is 1. The smallest absolute Gasteiger partial charge is 0.250 e. The topological polar surface area (TPSA) is 122 Å². The van der Waals surface area contributed by atoms with Gasteiger partial charge in [0.25, 0.3) is 5.91 Å². The van der Waals surface area contributed by atoms with Gasteiger partial charge >= 0.3 is 0 Å². The Labute approximate surface area is 198 Å². The van der Waals surface area contributed by atoms with Gasteiger partial charge in [0, 0.05) is 22.8 Å². The Kier molecular flexibility index (Phi) is 6.83. The molecule has 4 rings (SSSR count). The minimum Gasteiger partial charge on any atom is -0.489 e. The Balaban J connectivity index is 1.49. The van der Waals surface area contributed by atoms with Crippen molar-refractivity contribution in [2.24, 2.45) is 5.41 Å². The normalized spacial score (nSPS) is 16.3. The number of carbonyl (C=O) groups excluding carboxylic acids is 1. The van der Waals surface area contributed by atoms with Gasteiger partial charge in [-0.1, -0.05) is 0 Å². The predicted octanol–water partition coefficient (Wildman–Crippen LogP) is 2.51. The Morgan fingerprint density at radius 1 is 1.21 bits per heavy atom. The second-order valence-electron chi connectivity index (χ2n) is 8.84. The molecule has 3 heterocycles. The molecule has 0 radical (unpaired) electrons. The molecule has 3 aromatic rings. The number of pyridine rings is 2. The SMILES string of the molecule is Cc1cc(COc2ccc(S(=O)(=O)CC3(C(=O)NO)CCN(C)CC3)cc2)c2cccnc2n1. The highest BCUT2D eigenvalue weighted by Crippen LogP contribution is 2.35. The number of fused-ring (bicyclic) bond motifs is 1. The first kappa shape index (κ1) is 24.1. The molecule has 34 heavy (non-hydrogen) atoms. The molecular formula is C24H28N4O5S. The summed E-state index contributed by atoms with van der Waals surface area (Å²) in [6.45, 7) is 3.33. The molecule has 1 aliphatic rings. The van der Waals surface area contributed by atoms with Crippen molar-refractivity contribution in [1.82, 2.24) is 20.3 Å². The fourth-order valence-electron chi connectivity index (χ4n) is 4.34. The lowest BCUT2D eigenvalue weighted by Gasteiger charge is -2.38. The fourth-order valence-corrected chi connectivity index (χ4v) is 6.20. The molecule has 10 heteroatoms. The van der Waals surface area contributed by atoms with Crippen molar-refractivity contribution in [2.75, 3.05) is 25.9 Å². The highest BCUT2D eigenvalue weighted by Gasteiger charge is 2.44. The van der Waals surface area contributed by atoms with Gasteiger partial charge in [0.1, 0.15) is 12.4 Å². The summed E-state index contributed by atoms with van der Waals surface area (Å²) in [5.41, 5.74) is 2.93. The van der Waals surface area contributed by atoms with E-state index in [1.54, 1.807) is 23.8 Å². The number of amides is 1. The molecule has 0 atom stereocenters. The first-order valence-electron chi connectivity index (χ1n) is 11.0. The molecule has 1 amide bonds. The highest BCUT2D eigenvalue weighted by atomic mass is 32.2. The Morgan fingerprint density at radius 2 is 1.91 bits per heavy atom. The number of ether oxygens (including phenoxy) is 1. The average molecular weight is 485 g/mol. The van der Waals surface area contributed by atoms with Crippen LogP contribution in [0.5, 0.6) is 5.75 Å². The number of hydroxylamine groups is 1. The summed E-state index contributed by atoms with van der Waals surface area (Å²) in [7, 11) is -1.85. The van der Waals surface area contributed by atoms with Crippen molar-refractivity contribution in [1.29, 1.82) is 0 Å².